The van der Waals surface area contributed by atoms with Crippen molar-refractivity contribution in [1.29, 1.82) is 0 Å². The van der Waals surface area contributed by atoms with Gasteiger partial charge in [0.25, 0.3) is 5.91 Å². The molecule has 4 nitrogen and oxygen atoms in total. The van der Waals surface area contributed by atoms with Crippen molar-refractivity contribution < 1.29 is 4.79 Å². The Morgan fingerprint density at radius 3 is 2.56 bits per heavy atom. The van der Waals surface area contributed by atoms with Crippen LogP contribution in [0.3, 0.4) is 0 Å². The zero-order valence-corrected chi connectivity index (χ0v) is 20.6. The summed E-state index contributed by atoms with van der Waals surface area (Å²) in [4.78, 5) is 22.8. The van der Waals surface area contributed by atoms with E-state index >= 15 is 0 Å². The van der Waals surface area contributed by atoms with Crippen LogP contribution in [0.5, 0.6) is 0 Å². The van der Waals surface area contributed by atoms with Crippen LogP contribution in [-0.2, 0) is 6.54 Å². The molecule has 0 radical (unpaired) electrons. The maximum atomic E-state index is 13.1. The van der Waals surface area contributed by atoms with Crippen molar-refractivity contribution in [3.8, 4) is 10.6 Å². The number of aryl methyl sites for hydroxylation is 1. The van der Waals surface area contributed by atoms with E-state index in [1.54, 1.807) is 17.4 Å². The Balaban J connectivity index is 1.22. The summed E-state index contributed by atoms with van der Waals surface area (Å²) < 4.78 is 0.942. The quantitative estimate of drug-likeness (QED) is 0.316. The predicted octanol–water partition coefficient (Wildman–Crippen LogP) is 6.60. The summed E-state index contributed by atoms with van der Waals surface area (Å²) in [6.45, 7) is 5.88. The number of hydrogen-bond acceptors (Lipinski definition) is 5. The first-order valence-electron chi connectivity index (χ1n) is 10.4. The summed E-state index contributed by atoms with van der Waals surface area (Å²) in [6.07, 6.45) is 0. The first-order chi connectivity index (χ1) is 15.5. The van der Waals surface area contributed by atoms with Crippen LogP contribution < -0.4 is 0 Å². The number of halogens is 2. The molecule has 0 N–H and O–H groups in total. The monoisotopic (exact) mass is 501 g/mol. The standard InChI is InChI=1S/C24H21Cl2N3OS2/c1-15-2-4-16(5-3-15)23-27-18(14-31-23)13-28-8-10-29(11-9-28)24(30)22-21(26)19-7-6-17(25)12-20(19)32-22/h2-7,12,14H,8-11,13H2,1H3. The lowest BCUT2D eigenvalue weighted by Crippen LogP contribution is -2.48. The summed E-state index contributed by atoms with van der Waals surface area (Å²) >= 11 is 15.7. The number of carbonyl (C=O) groups excluding carboxylic acids is 1. The van der Waals surface area contributed by atoms with E-state index in [2.05, 4.69) is 41.5 Å². The summed E-state index contributed by atoms with van der Waals surface area (Å²) in [5.41, 5.74) is 3.48. The molecule has 0 saturated carbocycles. The van der Waals surface area contributed by atoms with Gasteiger partial charge in [-0.1, -0.05) is 59.1 Å². The van der Waals surface area contributed by atoms with Gasteiger partial charge < -0.3 is 4.90 Å². The molecule has 0 unspecified atom stereocenters. The number of carbonyl (C=O) groups is 1. The lowest BCUT2D eigenvalue weighted by molar-refractivity contribution is 0.0632. The highest BCUT2D eigenvalue weighted by molar-refractivity contribution is 7.21. The van der Waals surface area contributed by atoms with Crippen molar-refractivity contribution >= 4 is 61.9 Å². The van der Waals surface area contributed by atoms with Gasteiger partial charge in [-0.25, -0.2) is 4.98 Å². The Hall–Kier alpha value is -1.96. The van der Waals surface area contributed by atoms with Crippen molar-refractivity contribution in [2.45, 2.75) is 13.5 Å². The number of benzene rings is 2. The number of aromatic nitrogens is 1. The summed E-state index contributed by atoms with van der Waals surface area (Å²) in [5, 5.41) is 5.24. The molecule has 0 atom stereocenters. The Morgan fingerprint density at radius 2 is 1.81 bits per heavy atom. The van der Waals surface area contributed by atoms with Crippen LogP contribution in [0.1, 0.15) is 20.9 Å². The van der Waals surface area contributed by atoms with E-state index in [0.717, 1.165) is 46.0 Å². The van der Waals surface area contributed by atoms with Gasteiger partial charge in [-0.3, -0.25) is 9.69 Å². The number of piperazine rings is 1. The zero-order chi connectivity index (χ0) is 22.2. The number of rotatable bonds is 4. The second kappa shape index (κ2) is 9.12. The molecule has 2 aromatic heterocycles. The van der Waals surface area contributed by atoms with E-state index < -0.39 is 0 Å². The Kier molecular flexibility index (Phi) is 6.23. The minimum atomic E-state index is 0.00212. The van der Waals surface area contributed by atoms with E-state index in [1.807, 2.05) is 17.0 Å². The Labute approximate surface area is 205 Å². The second-order valence-electron chi connectivity index (χ2n) is 7.96. The molecule has 2 aromatic carbocycles. The second-order valence-corrected chi connectivity index (χ2v) is 10.7. The molecular formula is C24H21Cl2N3OS2. The molecule has 0 spiro atoms. The van der Waals surface area contributed by atoms with Crippen LogP contribution in [0.4, 0.5) is 0 Å². The van der Waals surface area contributed by atoms with Gasteiger partial charge in [0.15, 0.2) is 0 Å². The van der Waals surface area contributed by atoms with Gasteiger partial charge >= 0.3 is 0 Å². The molecule has 0 bridgehead atoms. The highest BCUT2D eigenvalue weighted by Crippen LogP contribution is 2.37. The van der Waals surface area contributed by atoms with Gasteiger partial charge in [0.1, 0.15) is 9.88 Å². The number of fused-ring (bicyclic) bond motifs is 1. The average Bonchev–Trinajstić information content (AvgIpc) is 3.38. The summed E-state index contributed by atoms with van der Waals surface area (Å²) in [6, 6.07) is 14.0. The number of hydrogen-bond donors (Lipinski definition) is 0. The van der Waals surface area contributed by atoms with Gasteiger partial charge in [-0.2, -0.15) is 0 Å². The SMILES string of the molecule is Cc1ccc(-c2nc(CN3CCN(C(=O)c4sc5cc(Cl)ccc5c4Cl)CC3)cs2)cc1. The molecule has 1 fully saturated rings. The predicted molar refractivity (Wildman–Crippen MR) is 135 cm³/mol. The van der Waals surface area contributed by atoms with Crippen LogP contribution in [0.15, 0.2) is 47.8 Å². The van der Waals surface area contributed by atoms with Crippen molar-refractivity contribution in [3.05, 3.63) is 74.0 Å². The maximum Gasteiger partial charge on any atom is 0.265 e. The number of amides is 1. The van der Waals surface area contributed by atoms with E-state index in [9.17, 15) is 4.79 Å². The number of nitrogens with zero attached hydrogens (tertiary/aromatic N) is 3. The third-order valence-corrected chi connectivity index (χ3v) is 8.50. The lowest BCUT2D eigenvalue weighted by Gasteiger charge is -2.34. The zero-order valence-electron chi connectivity index (χ0n) is 17.5. The van der Waals surface area contributed by atoms with Crippen molar-refractivity contribution in [3.63, 3.8) is 0 Å². The van der Waals surface area contributed by atoms with Gasteiger partial charge in [-0.15, -0.1) is 22.7 Å². The highest BCUT2D eigenvalue weighted by Gasteiger charge is 2.26. The molecule has 1 saturated heterocycles. The topological polar surface area (TPSA) is 36.4 Å². The largest absolute Gasteiger partial charge is 0.335 e. The smallest absolute Gasteiger partial charge is 0.265 e. The molecule has 32 heavy (non-hydrogen) atoms. The van der Waals surface area contributed by atoms with Crippen molar-refractivity contribution in [2.75, 3.05) is 26.2 Å². The normalized spacial score (nSPS) is 14.9. The molecule has 8 heteroatoms. The summed E-state index contributed by atoms with van der Waals surface area (Å²) in [7, 11) is 0. The Bertz CT molecular complexity index is 1270. The lowest BCUT2D eigenvalue weighted by atomic mass is 10.2. The number of thiophene rings is 1. The third kappa shape index (κ3) is 4.43. The molecule has 1 aliphatic rings. The molecule has 3 heterocycles. The van der Waals surface area contributed by atoms with Crippen LogP contribution in [0.25, 0.3) is 20.7 Å². The van der Waals surface area contributed by atoms with E-state index in [1.165, 1.54) is 16.9 Å². The molecule has 5 rings (SSSR count). The first kappa shape index (κ1) is 21.9. The van der Waals surface area contributed by atoms with Crippen LogP contribution in [0.2, 0.25) is 10.0 Å². The van der Waals surface area contributed by atoms with Crippen molar-refractivity contribution in [1.82, 2.24) is 14.8 Å². The third-order valence-electron chi connectivity index (χ3n) is 5.68. The average molecular weight is 502 g/mol. The maximum absolute atomic E-state index is 13.1. The molecule has 1 aliphatic heterocycles. The molecule has 164 valence electrons. The fraction of sp³-hybridized carbons (Fsp3) is 0.250. The van der Waals surface area contributed by atoms with Gasteiger partial charge in [0.05, 0.1) is 10.7 Å². The molecular weight excluding hydrogens is 481 g/mol. The minimum absolute atomic E-state index is 0.00212. The number of thiazole rings is 1. The molecule has 0 aliphatic carbocycles. The fourth-order valence-corrected chi connectivity index (χ4v) is 6.44. The fourth-order valence-electron chi connectivity index (χ4n) is 3.87. The van der Waals surface area contributed by atoms with E-state index in [4.69, 9.17) is 28.2 Å². The van der Waals surface area contributed by atoms with Crippen molar-refractivity contribution in [2.24, 2.45) is 0 Å². The molecule has 4 aromatic rings. The van der Waals surface area contributed by atoms with Crippen LogP contribution >= 0.6 is 45.9 Å². The van der Waals surface area contributed by atoms with Crippen LogP contribution in [-0.4, -0.2) is 46.9 Å². The Morgan fingerprint density at radius 1 is 1.06 bits per heavy atom. The highest BCUT2D eigenvalue weighted by atomic mass is 35.5. The van der Waals surface area contributed by atoms with Gasteiger partial charge in [0.2, 0.25) is 0 Å². The first-order valence-corrected chi connectivity index (χ1v) is 12.8. The van der Waals surface area contributed by atoms with Gasteiger partial charge in [-0.05, 0) is 19.1 Å². The van der Waals surface area contributed by atoms with Crippen LogP contribution in [0, 0.1) is 6.92 Å². The van der Waals surface area contributed by atoms with E-state index in [-0.39, 0.29) is 5.91 Å². The molecule has 1 amide bonds. The summed E-state index contributed by atoms with van der Waals surface area (Å²) in [5.74, 6) is 0.00212. The van der Waals surface area contributed by atoms with E-state index in [0.29, 0.717) is 28.0 Å². The minimum Gasteiger partial charge on any atom is -0.335 e. The van der Waals surface area contributed by atoms with Gasteiger partial charge in [0, 0.05) is 58.8 Å².